The first kappa shape index (κ1) is 12.9. The fourth-order valence-corrected chi connectivity index (χ4v) is 2.20. The number of hydrogen-bond acceptors (Lipinski definition) is 3. The van der Waals surface area contributed by atoms with Crippen molar-refractivity contribution in [1.82, 2.24) is 4.98 Å². The zero-order valence-electron chi connectivity index (χ0n) is 9.15. The maximum atomic E-state index is 11.4. The highest BCUT2D eigenvalue weighted by Gasteiger charge is 2.17. The van der Waals surface area contributed by atoms with Crippen LogP contribution >= 0.6 is 27.5 Å². The van der Waals surface area contributed by atoms with E-state index in [1.54, 1.807) is 24.3 Å². The van der Waals surface area contributed by atoms with Gasteiger partial charge in [0, 0.05) is 17.3 Å². The van der Waals surface area contributed by atoms with Gasteiger partial charge in [-0.15, -0.1) is 0 Å². The summed E-state index contributed by atoms with van der Waals surface area (Å²) in [5.41, 5.74) is 13.1. The summed E-state index contributed by atoms with van der Waals surface area (Å²) in [5.74, 6) is -0.541. The Labute approximate surface area is 117 Å². The Balaban J connectivity index is 2.77. The zero-order valence-corrected chi connectivity index (χ0v) is 11.5. The van der Waals surface area contributed by atoms with Crippen molar-refractivity contribution in [3.63, 3.8) is 0 Å². The molecule has 0 aliphatic rings. The third-order valence-corrected chi connectivity index (χ3v) is 3.40. The molecule has 18 heavy (non-hydrogen) atoms. The second-order valence-corrected chi connectivity index (χ2v) is 4.81. The monoisotopic (exact) mass is 325 g/mol. The van der Waals surface area contributed by atoms with Crippen molar-refractivity contribution in [3.05, 3.63) is 45.7 Å². The smallest absolute Gasteiger partial charge is 0.249 e. The molecule has 4 nitrogen and oxygen atoms in total. The molecule has 0 atom stereocenters. The Hall–Kier alpha value is -1.59. The van der Waals surface area contributed by atoms with Crippen LogP contribution in [0.4, 0.5) is 5.69 Å². The minimum Gasteiger partial charge on any atom is -0.397 e. The van der Waals surface area contributed by atoms with Gasteiger partial charge in [0.15, 0.2) is 0 Å². The van der Waals surface area contributed by atoms with Crippen molar-refractivity contribution >= 4 is 39.1 Å². The number of anilines is 1. The molecular formula is C12H9BrClN3O. The minimum absolute atomic E-state index is 0.226. The van der Waals surface area contributed by atoms with Crippen molar-refractivity contribution in [2.75, 3.05) is 5.73 Å². The minimum atomic E-state index is -0.541. The summed E-state index contributed by atoms with van der Waals surface area (Å²) in [5, 5.41) is 0.226. The van der Waals surface area contributed by atoms with Gasteiger partial charge in [-0.3, -0.25) is 4.79 Å². The maximum absolute atomic E-state index is 11.4. The van der Waals surface area contributed by atoms with E-state index in [-0.39, 0.29) is 5.15 Å². The quantitative estimate of drug-likeness (QED) is 0.833. The number of nitrogens with zero attached hydrogens (tertiary/aromatic N) is 1. The lowest BCUT2D eigenvalue weighted by atomic mass is 9.99. The molecule has 0 bridgehead atoms. The van der Waals surface area contributed by atoms with Crippen LogP contribution in [0, 0.1) is 0 Å². The number of pyridine rings is 1. The molecule has 92 valence electrons. The van der Waals surface area contributed by atoms with Crippen molar-refractivity contribution in [2.45, 2.75) is 0 Å². The van der Waals surface area contributed by atoms with Crippen LogP contribution in [0.3, 0.4) is 0 Å². The number of carbonyl (C=O) groups excluding carboxylic acids is 1. The molecule has 1 amide bonds. The Morgan fingerprint density at radius 1 is 1.33 bits per heavy atom. The molecule has 1 heterocycles. The molecule has 0 aliphatic carbocycles. The fraction of sp³-hybridized carbons (Fsp3) is 0. The molecular weight excluding hydrogens is 318 g/mol. The number of halogens is 2. The summed E-state index contributed by atoms with van der Waals surface area (Å²) in [7, 11) is 0. The molecule has 4 N–H and O–H groups in total. The van der Waals surface area contributed by atoms with Crippen molar-refractivity contribution in [3.8, 4) is 11.1 Å². The van der Waals surface area contributed by atoms with Gasteiger partial charge in [0.2, 0.25) is 5.91 Å². The van der Waals surface area contributed by atoms with Gasteiger partial charge in [0.1, 0.15) is 5.15 Å². The summed E-state index contributed by atoms with van der Waals surface area (Å²) in [6.45, 7) is 0. The highest BCUT2D eigenvalue weighted by molar-refractivity contribution is 9.10. The van der Waals surface area contributed by atoms with Crippen LogP contribution in [0.5, 0.6) is 0 Å². The topological polar surface area (TPSA) is 82.0 Å². The number of carbonyl (C=O) groups is 1. The second kappa shape index (κ2) is 4.96. The van der Waals surface area contributed by atoms with Crippen molar-refractivity contribution < 1.29 is 4.79 Å². The lowest BCUT2D eigenvalue weighted by Gasteiger charge is -2.12. The number of rotatable bonds is 2. The summed E-state index contributed by atoms with van der Waals surface area (Å²) in [4.78, 5) is 15.4. The van der Waals surface area contributed by atoms with Gasteiger partial charge in [-0.1, -0.05) is 29.8 Å². The van der Waals surface area contributed by atoms with E-state index in [9.17, 15) is 4.79 Å². The summed E-state index contributed by atoms with van der Waals surface area (Å²) >= 11 is 9.33. The van der Waals surface area contributed by atoms with Gasteiger partial charge in [-0.05, 0) is 27.6 Å². The number of primary amides is 1. The average Bonchev–Trinajstić information content (AvgIpc) is 2.35. The van der Waals surface area contributed by atoms with E-state index in [1.807, 2.05) is 0 Å². The molecule has 0 fully saturated rings. The van der Waals surface area contributed by atoms with E-state index in [1.165, 1.54) is 6.20 Å². The molecule has 0 radical (unpaired) electrons. The largest absolute Gasteiger partial charge is 0.397 e. The molecule has 0 aliphatic heterocycles. The first-order valence-corrected chi connectivity index (χ1v) is 6.18. The standard InChI is InChI=1S/C12H9BrClN3O/c13-8-5-17-11(14)9(10(8)15)6-3-1-2-4-7(6)12(16)18/h1-5H,(H2,15,17)(H2,16,18). The van der Waals surface area contributed by atoms with Crippen LogP contribution in [0.2, 0.25) is 5.15 Å². The highest BCUT2D eigenvalue weighted by Crippen LogP contribution is 2.37. The third-order valence-electron chi connectivity index (χ3n) is 2.49. The summed E-state index contributed by atoms with van der Waals surface area (Å²) in [6, 6.07) is 6.84. The lowest BCUT2D eigenvalue weighted by Crippen LogP contribution is -2.12. The molecule has 0 saturated heterocycles. The van der Waals surface area contributed by atoms with Crippen molar-refractivity contribution in [2.24, 2.45) is 5.73 Å². The number of aromatic nitrogens is 1. The predicted octanol–water partition coefficient (Wildman–Crippen LogP) is 2.85. The van der Waals surface area contributed by atoms with E-state index < -0.39 is 5.91 Å². The number of hydrogen-bond donors (Lipinski definition) is 2. The molecule has 0 saturated carbocycles. The summed E-state index contributed by atoms with van der Waals surface area (Å²) in [6.07, 6.45) is 1.51. The van der Waals surface area contributed by atoms with Crippen LogP contribution in [-0.4, -0.2) is 10.9 Å². The predicted molar refractivity (Wildman–Crippen MR) is 75.3 cm³/mol. The normalized spacial score (nSPS) is 10.3. The molecule has 0 unspecified atom stereocenters. The molecule has 2 aromatic rings. The second-order valence-electron chi connectivity index (χ2n) is 3.60. The Bertz CT molecular complexity index is 631. The van der Waals surface area contributed by atoms with Crippen molar-refractivity contribution in [1.29, 1.82) is 0 Å². The van der Waals surface area contributed by atoms with E-state index >= 15 is 0 Å². The average molecular weight is 327 g/mol. The first-order chi connectivity index (χ1) is 8.52. The fourth-order valence-electron chi connectivity index (χ4n) is 1.65. The Morgan fingerprint density at radius 3 is 2.67 bits per heavy atom. The highest BCUT2D eigenvalue weighted by atomic mass is 79.9. The molecule has 1 aromatic heterocycles. The van der Waals surface area contributed by atoms with Crippen LogP contribution in [0.15, 0.2) is 34.9 Å². The van der Waals surface area contributed by atoms with Gasteiger partial charge in [-0.25, -0.2) is 4.98 Å². The van der Waals surface area contributed by atoms with E-state index in [0.29, 0.717) is 26.9 Å². The molecule has 6 heteroatoms. The number of benzene rings is 1. The molecule has 0 spiro atoms. The number of amides is 1. The van der Waals surface area contributed by atoms with Gasteiger partial charge in [-0.2, -0.15) is 0 Å². The van der Waals surface area contributed by atoms with Gasteiger partial charge in [0.25, 0.3) is 0 Å². The maximum Gasteiger partial charge on any atom is 0.249 e. The van der Waals surface area contributed by atoms with Crippen LogP contribution in [0.1, 0.15) is 10.4 Å². The van der Waals surface area contributed by atoms with E-state index in [2.05, 4.69) is 20.9 Å². The summed E-state index contributed by atoms with van der Waals surface area (Å²) < 4.78 is 0.612. The third kappa shape index (κ3) is 2.19. The van der Waals surface area contributed by atoms with Gasteiger partial charge >= 0.3 is 0 Å². The Kier molecular flexibility index (Phi) is 3.54. The lowest BCUT2D eigenvalue weighted by molar-refractivity contribution is 0.100. The van der Waals surface area contributed by atoms with Crippen LogP contribution < -0.4 is 11.5 Å². The Morgan fingerprint density at radius 2 is 2.00 bits per heavy atom. The van der Waals surface area contributed by atoms with Crippen LogP contribution in [0.25, 0.3) is 11.1 Å². The zero-order chi connectivity index (χ0) is 13.3. The SMILES string of the molecule is NC(=O)c1ccccc1-c1c(Cl)ncc(Br)c1N. The number of nitrogens with two attached hydrogens (primary N) is 2. The molecule has 1 aromatic carbocycles. The van der Waals surface area contributed by atoms with E-state index in [4.69, 9.17) is 23.1 Å². The van der Waals surface area contributed by atoms with Gasteiger partial charge < -0.3 is 11.5 Å². The van der Waals surface area contributed by atoms with Crippen LogP contribution in [-0.2, 0) is 0 Å². The number of nitrogen functional groups attached to an aromatic ring is 1. The van der Waals surface area contributed by atoms with Gasteiger partial charge in [0.05, 0.1) is 10.2 Å². The molecule has 2 rings (SSSR count). The first-order valence-electron chi connectivity index (χ1n) is 5.01. The van der Waals surface area contributed by atoms with E-state index in [0.717, 1.165) is 0 Å².